The van der Waals surface area contributed by atoms with Crippen molar-refractivity contribution in [2.75, 3.05) is 35.0 Å². The third-order valence-electron chi connectivity index (χ3n) is 4.39. The molecular weight excluding hydrogens is 346 g/mol. The topological polar surface area (TPSA) is 57.2 Å². The van der Waals surface area contributed by atoms with E-state index in [4.69, 9.17) is 18.9 Å². The van der Waals surface area contributed by atoms with Gasteiger partial charge in [0.2, 0.25) is 5.91 Å². The fourth-order valence-electron chi connectivity index (χ4n) is 2.85. The van der Waals surface area contributed by atoms with Gasteiger partial charge in [0.05, 0.1) is 34.9 Å². The highest BCUT2D eigenvalue weighted by molar-refractivity contribution is 5.79. The first-order valence-electron chi connectivity index (χ1n) is 8.75. The fourth-order valence-corrected chi connectivity index (χ4v) is 2.85. The summed E-state index contributed by atoms with van der Waals surface area (Å²) in [5.41, 5.74) is 1.80. The van der Waals surface area contributed by atoms with Gasteiger partial charge in [-0.3, -0.25) is 4.79 Å². The molecule has 0 unspecified atom stereocenters. The van der Waals surface area contributed by atoms with Crippen LogP contribution in [0.25, 0.3) is 0 Å². The molecular formula is C21H27NO5. The summed E-state index contributed by atoms with van der Waals surface area (Å²) in [4.78, 5) is 14.6. The van der Waals surface area contributed by atoms with E-state index in [9.17, 15) is 4.79 Å². The Kier molecular flexibility index (Phi) is 7.34. The van der Waals surface area contributed by atoms with Gasteiger partial charge in [-0.25, -0.2) is 0 Å². The highest BCUT2D eigenvalue weighted by Gasteiger charge is 2.17. The van der Waals surface area contributed by atoms with Gasteiger partial charge in [0, 0.05) is 24.7 Å². The highest BCUT2D eigenvalue weighted by Crippen LogP contribution is 2.29. The Balaban J connectivity index is 2.14. The lowest BCUT2D eigenvalue weighted by atomic mass is 10.1. The molecule has 0 saturated carbocycles. The lowest BCUT2D eigenvalue weighted by molar-refractivity contribution is -0.130. The van der Waals surface area contributed by atoms with E-state index in [2.05, 4.69) is 0 Å². The summed E-state index contributed by atoms with van der Waals surface area (Å²) in [6, 6.07) is 11.1. The third-order valence-corrected chi connectivity index (χ3v) is 4.39. The number of likely N-dealkylation sites (N-methyl/N-ethyl adjacent to an activating group) is 1. The molecule has 146 valence electrons. The van der Waals surface area contributed by atoms with Gasteiger partial charge in [0.25, 0.3) is 0 Å². The zero-order valence-electron chi connectivity index (χ0n) is 16.6. The van der Waals surface area contributed by atoms with Crippen LogP contribution in [0.2, 0.25) is 0 Å². The van der Waals surface area contributed by atoms with Crippen molar-refractivity contribution in [3.63, 3.8) is 0 Å². The highest BCUT2D eigenvalue weighted by atomic mass is 16.5. The van der Waals surface area contributed by atoms with Crippen LogP contribution in [0, 0.1) is 0 Å². The molecule has 0 heterocycles. The Morgan fingerprint density at radius 3 is 2.15 bits per heavy atom. The first kappa shape index (κ1) is 20.4. The maximum atomic E-state index is 12.8. The molecule has 6 nitrogen and oxygen atoms in total. The van der Waals surface area contributed by atoms with Crippen molar-refractivity contribution in [3.05, 3.63) is 47.5 Å². The maximum Gasteiger partial charge on any atom is 0.227 e. The SMILES string of the molecule is CCN(Cc1ccc(OC)c(OC)c1)C(=O)Cc1ccc(OC)cc1OC. The van der Waals surface area contributed by atoms with Crippen LogP contribution in [-0.2, 0) is 17.8 Å². The minimum absolute atomic E-state index is 0.0238. The van der Waals surface area contributed by atoms with Gasteiger partial charge in [-0.2, -0.15) is 0 Å². The molecule has 0 aliphatic rings. The Bertz CT molecular complexity index is 775. The predicted octanol–water partition coefficient (Wildman–Crippen LogP) is 3.31. The van der Waals surface area contributed by atoms with E-state index < -0.39 is 0 Å². The van der Waals surface area contributed by atoms with Crippen LogP contribution in [0.15, 0.2) is 36.4 Å². The van der Waals surface area contributed by atoms with Crippen molar-refractivity contribution in [1.29, 1.82) is 0 Å². The van der Waals surface area contributed by atoms with Crippen molar-refractivity contribution in [2.45, 2.75) is 19.9 Å². The van der Waals surface area contributed by atoms with Crippen LogP contribution in [-0.4, -0.2) is 45.8 Å². The van der Waals surface area contributed by atoms with Crippen LogP contribution >= 0.6 is 0 Å². The lowest BCUT2D eigenvalue weighted by Crippen LogP contribution is -2.31. The molecule has 6 heteroatoms. The number of carbonyl (C=O) groups excluding carboxylic acids is 1. The molecule has 2 rings (SSSR count). The predicted molar refractivity (Wildman–Crippen MR) is 104 cm³/mol. The summed E-state index contributed by atoms with van der Waals surface area (Å²) in [5, 5.41) is 0. The summed E-state index contributed by atoms with van der Waals surface area (Å²) < 4.78 is 21.2. The third kappa shape index (κ3) is 5.06. The normalized spacial score (nSPS) is 10.3. The van der Waals surface area contributed by atoms with Crippen molar-refractivity contribution < 1.29 is 23.7 Å². The Hall–Kier alpha value is -2.89. The number of nitrogens with zero attached hydrogens (tertiary/aromatic N) is 1. The van der Waals surface area contributed by atoms with Crippen molar-refractivity contribution in [3.8, 4) is 23.0 Å². The molecule has 2 aromatic carbocycles. The van der Waals surface area contributed by atoms with Crippen LogP contribution in [0.4, 0.5) is 0 Å². The number of hydrogen-bond donors (Lipinski definition) is 0. The van der Waals surface area contributed by atoms with Gasteiger partial charge >= 0.3 is 0 Å². The number of ether oxygens (including phenoxy) is 4. The molecule has 0 spiro atoms. The minimum atomic E-state index is 0.0238. The van der Waals surface area contributed by atoms with Gasteiger partial charge < -0.3 is 23.8 Å². The van der Waals surface area contributed by atoms with Crippen molar-refractivity contribution in [1.82, 2.24) is 4.90 Å². The van der Waals surface area contributed by atoms with Gasteiger partial charge in [-0.05, 0) is 30.7 Å². The lowest BCUT2D eigenvalue weighted by Gasteiger charge is -2.22. The molecule has 0 aliphatic heterocycles. The molecule has 27 heavy (non-hydrogen) atoms. The largest absolute Gasteiger partial charge is 0.497 e. The van der Waals surface area contributed by atoms with Crippen molar-refractivity contribution in [2.24, 2.45) is 0 Å². The first-order chi connectivity index (χ1) is 13.1. The zero-order valence-corrected chi connectivity index (χ0v) is 16.6. The maximum absolute atomic E-state index is 12.8. The van der Waals surface area contributed by atoms with E-state index >= 15 is 0 Å². The van der Waals surface area contributed by atoms with Crippen LogP contribution in [0.1, 0.15) is 18.1 Å². The van der Waals surface area contributed by atoms with E-state index in [0.717, 1.165) is 11.1 Å². The molecule has 2 aromatic rings. The quantitative estimate of drug-likeness (QED) is 0.675. The summed E-state index contributed by atoms with van der Waals surface area (Å²) in [7, 11) is 6.38. The second kappa shape index (κ2) is 9.71. The summed E-state index contributed by atoms with van der Waals surface area (Å²) >= 11 is 0. The number of amides is 1. The summed E-state index contributed by atoms with van der Waals surface area (Å²) in [6.45, 7) is 3.06. The monoisotopic (exact) mass is 373 g/mol. The number of hydrogen-bond acceptors (Lipinski definition) is 5. The van der Waals surface area contributed by atoms with E-state index in [1.165, 1.54) is 0 Å². The van der Waals surface area contributed by atoms with E-state index in [0.29, 0.717) is 36.1 Å². The number of carbonyl (C=O) groups is 1. The molecule has 0 fully saturated rings. The van der Waals surface area contributed by atoms with E-state index in [1.54, 1.807) is 39.4 Å². The summed E-state index contributed by atoms with van der Waals surface area (Å²) in [5.74, 6) is 2.68. The minimum Gasteiger partial charge on any atom is -0.497 e. The van der Waals surface area contributed by atoms with Gasteiger partial charge in [0.15, 0.2) is 11.5 Å². The summed E-state index contributed by atoms with van der Waals surface area (Å²) in [6.07, 6.45) is 0.258. The smallest absolute Gasteiger partial charge is 0.227 e. The molecule has 0 aliphatic carbocycles. The van der Waals surface area contributed by atoms with Gasteiger partial charge in [0.1, 0.15) is 11.5 Å². The van der Waals surface area contributed by atoms with Gasteiger partial charge in [-0.1, -0.05) is 12.1 Å². The number of rotatable bonds is 9. The number of methoxy groups -OCH3 is 4. The van der Waals surface area contributed by atoms with Crippen LogP contribution in [0.5, 0.6) is 23.0 Å². The van der Waals surface area contributed by atoms with E-state index in [-0.39, 0.29) is 12.3 Å². The van der Waals surface area contributed by atoms with Crippen LogP contribution < -0.4 is 18.9 Å². The molecule has 1 amide bonds. The Labute approximate surface area is 160 Å². The molecule has 0 bridgehead atoms. The molecule has 0 N–H and O–H groups in total. The fraction of sp³-hybridized carbons (Fsp3) is 0.381. The van der Waals surface area contributed by atoms with E-state index in [1.807, 2.05) is 37.3 Å². The molecule has 0 radical (unpaired) electrons. The van der Waals surface area contributed by atoms with Crippen molar-refractivity contribution >= 4 is 5.91 Å². The zero-order chi connectivity index (χ0) is 19.8. The number of benzene rings is 2. The van der Waals surface area contributed by atoms with Gasteiger partial charge in [-0.15, -0.1) is 0 Å². The Morgan fingerprint density at radius 1 is 0.852 bits per heavy atom. The molecule has 0 aromatic heterocycles. The Morgan fingerprint density at radius 2 is 1.56 bits per heavy atom. The van der Waals surface area contributed by atoms with Crippen LogP contribution in [0.3, 0.4) is 0 Å². The second-order valence-electron chi connectivity index (χ2n) is 5.95. The average Bonchev–Trinajstić information content (AvgIpc) is 2.71. The molecule has 0 atom stereocenters. The molecule has 0 saturated heterocycles. The first-order valence-corrected chi connectivity index (χ1v) is 8.75. The standard InChI is InChI=1S/C21H27NO5/c1-6-22(14-15-7-10-18(25-3)20(11-15)27-5)21(23)12-16-8-9-17(24-2)13-19(16)26-4/h7-11,13H,6,12,14H2,1-5H3. The average molecular weight is 373 g/mol. The second-order valence-corrected chi connectivity index (χ2v) is 5.95.